The maximum atomic E-state index is 9.96. The molecule has 1 aliphatic rings. The molecule has 0 amide bonds. The number of ether oxygens (including phenoxy) is 1. The van der Waals surface area contributed by atoms with Crippen molar-refractivity contribution in [3.05, 3.63) is 28.2 Å². The van der Waals surface area contributed by atoms with E-state index in [0.717, 1.165) is 28.6 Å². The maximum Gasteiger partial charge on any atom is 0.133 e. The van der Waals surface area contributed by atoms with Crippen LogP contribution in [0.25, 0.3) is 0 Å². The van der Waals surface area contributed by atoms with Gasteiger partial charge >= 0.3 is 0 Å². The number of benzene rings is 1. The molecular weight excluding hydrogens is 305 g/mol. The maximum absolute atomic E-state index is 9.96. The summed E-state index contributed by atoms with van der Waals surface area (Å²) >= 11 is 3.42. The molecule has 1 fully saturated rings. The number of hydrogen-bond donors (Lipinski definition) is 2. The Balaban J connectivity index is 0.00000144. The van der Waals surface area contributed by atoms with Crippen molar-refractivity contribution in [1.82, 2.24) is 0 Å². The monoisotopic (exact) mass is 321 g/mol. The molecular formula is C12H17BrClNO2. The van der Waals surface area contributed by atoms with Crippen LogP contribution < -0.4 is 10.5 Å². The fourth-order valence-corrected chi connectivity index (χ4v) is 2.38. The van der Waals surface area contributed by atoms with Gasteiger partial charge in [0, 0.05) is 0 Å². The number of nitrogens with two attached hydrogens (primary N) is 1. The minimum Gasteiger partial charge on any atom is -0.496 e. The van der Waals surface area contributed by atoms with Gasteiger partial charge in [-0.2, -0.15) is 0 Å². The second-order valence-electron chi connectivity index (χ2n) is 4.25. The molecule has 2 rings (SSSR count). The third-order valence-corrected chi connectivity index (χ3v) is 3.65. The zero-order valence-corrected chi connectivity index (χ0v) is 12.0. The van der Waals surface area contributed by atoms with E-state index in [0.29, 0.717) is 5.92 Å². The van der Waals surface area contributed by atoms with E-state index in [9.17, 15) is 5.11 Å². The van der Waals surface area contributed by atoms with Crippen LogP contribution in [0.1, 0.15) is 24.4 Å². The van der Waals surface area contributed by atoms with Gasteiger partial charge in [0.05, 0.1) is 23.7 Å². The molecule has 2 atom stereocenters. The standard InChI is InChI=1S/C12H16BrNO2.ClH/c1-16-10-5-4-8(6-9(10)13)11(14)12(15)7-2-3-7;/h4-7,11-12,15H,2-3,14H2,1H3;1H/t11-,12+;/m1./s1. The molecule has 0 spiro atoms. The van der Waals surface area contributed by atoms with Crippen molar-refractivity contribution in [3.63, 3.8) is 0 Å². The van der Waals surface area contributed by atoms with Crippen LogP contribution in [0.4, 0.5) is 0 Å². The predicted molar refractivity (Wildman–Crippen MR) is 73.6 cm³/mol. The van der Waals surface area contributed by atoms with Gasteiger partial charge in [0.15, 0.2) is 0 Å². The summed E-state index contributed by atoms with van der Waals surface area (Å²) < 4.78 is 6.02. The molecule has 0 aliphatic heterocycles. The summed E-state index contributed by atoms with van der Waals surface area (Å²) in [5.74, 6) is 1.16. The first-order chi connectivity index (χ1) is 7.63. The molecule has 1 aromatic carbocycles. The number of halogens is 2. The molecule has 0 saturated heterocycles. The zero-order chi connectivity index (χ0) is 11.7. The Morgan fingerprint density at radius 2 is 2.12 bits per heavy atom. The molecule has 3 nitrogen and oxygen atoms in total. The van der Waals surface area contributed by atoms with Crippen LogP contribution in [0.5, 0.6) is 5.75 Å². The van der Waals surface area contributed by atoms with Crippen molar-refractivity contribution in [2.75, 3.05) is 7.11 Å². The first-order valence-electron chi connectivity index (χ1n) is 5.40. The van der Waals surface area contributed by atoms with Gasteiger partial charge in [-0.1, -0.05) is 6.07 Å². The summed E-state index contributed by atoms with van der Waals surface area (Å²) in [6.07, 6.45) is 1.75. The second kappa shape index (κ2) is 6.05. The highest BCUT2D eigenvalue weighted by Gasteiger charge is 2.34. The average Bonchev–Trinajstić information content (AvgIpc) is 3.11. The van der Waals surface area contributed by atoms with Crippen molar-refractivity contribution < 1.29 is 9.84 Å². The van der Waals surface area contributed by atoms with Gasteiger partial charge in [-0.15, -0.1) is 12.4 Å². The summed E-state index contributed by atoms with van der Waals surface area (Å²) in [7, 11) is 1.62. The number of aliphatic hydroxyl groups is 1. The SMILES string of the molecule is COc1ccc([C@@H](N)[C@@H](O)C2CC2)cc1Br.Cl. The molecule has 1 aromatic rings. The molecule has 5 heteroatoms. The van der Waals surface area contributed by atoms with Gasteiger partial charge < -0.3 is 15.6 Å². The summed E-state index contributed by atoms with van der Waals surface area (Å²) in [6, 6.07) is 5.36. The summed E-state index contributed by atoms with van der Waals surface area (Å²) in [4.78, 5) is 0. The van der Waals surface area contributed by atoms with E-state index in [1.54, 1.807) is 7.11 Å². The number of rotatable bonds is 4. The fraction of sp³-hybridized carbons (Fsp3) is 0.500. The highest BCUT2D eigenvalue weighted by Crippen LogP contribution is 2.38. The van der Waals surface area contributed by atoms with Crippen molar-refractivity contribution in [1.29, 1.82) is 0 Å². The fourth-order valence-electron chi connectivity index (χ4n) is 1.82. The Bertz CT molecular complexity index is 385. The lowest BCUT2D eigenvalue weighted by molar-refractivity contribution is 0.122. The number of aliphatic hydroxyl groups excluding tert-OH is 1. The zero-order valence-electron chi connectivity index (χ0n) is 9.60. The van der Waals surface area contributed by atoms with E-state index in [-0.39, 0.29) is 18.4 Å². The largest absolute Gasteiger partial charge is 0.496 e. The molecule has 0 heterocycles. The van der Waals surface area contributed by atoms with E-state index in [1.165, 1.54) is 0 Å². The van der Waals surface area contributed by atoms with Crippen molar-refractivity contribution in [3.8, 4) is 5.75 Å². The predicted octanol–water partition coefficient (Wildman–Crippen LogP) is 2.65. The minimum atomic E-state index is -0.430. The minimum absolute atomic E-state index is 0. The van der Waals surface area contributed by atoms with E-state index in [4.69, 9.17) is 10.5 Å². The molecule has 0 unspecified atom stereocenters. The van der Waals surface area contributed by atoms with Crippen LogP contribution >= 0.6 is 28.3 Å². The van der Waals surface area contributed by atoms with Gasteiger partial charge in [-0.25, -0.2) is 0 Å². The first kappa shape index (κ1) is 14.8. The topological polar surface area (TPSA) is 55.5 Å². The Labute approximate surface area is 116 Å². The van der Waals surface area contributed by atoms with Crippen molar-refractivity contribution in [2.45, 2.75) is 25.0 Å². The molecule has 3 N–H and O–H groups in total. The normalized spacial score (nSPS) is 18.1. The molecule has 0 radical (unpaired) electrons. The van der Waals surface area contributed by atoms with Gasteiger partial charge in [0.1, 0.15) is 5.75 Å². The Kier molecular flexibility index (Phi) is 5.25. The van der Waals surface area contributed by atoms with Crippen LogP contribution in [0.15, 0.2) is 22.7 Å². The number of hydrogen-bond acceptors (Lipinski definition) is 3. The van der Waals surface area contributed by atoms with Crippen LogP contribution in [-0.2, 0) is 0 Å². The molecule has 0 bridgehead atoms. The summed E-state index contributed by atoms with van der Waals surface area (Å²) in [6.45, 7) is 0. The van der Waals surface area contributed by atoms with Crippen LogP contribution in [0.3, 0.4) is 0 Å². The van der Waals surface area contributed by atoms with E-state index >= 15 is 0 Å². The van der Waals surface area contributed by atoms with Crippen molar-refractivity contribution >= 4 is 28.3 Å². The van der Waals surface area contributed by atoms with E-state index < -0.39 is 6.10 Å². The third-order valence-electron chi connectivity index (χ3n) is 3.03. The highest BCUT2D eigenvalue weighted by atomic mass is 79.9. The van der Waals surface area contributed by atoms with E-state index in [2.05, 4.69) is 15.9 Å². The molecule has 1 aliphatic carbocycles. The first-order valence-corrected chi connectivity index (χ1v) is 6.20. The van der Waals surface area contributed by atoms with Gasteiger partial charge in [0.2, 0.25) is 0 Å². The lowest BCUT2D eigenvalue weighted by atomic mass is 9.99. The highest BCUT2D eigenvalue weighted by molar-refractivity contribution is 9.10. The molecule has 17 heavy (non-hydrogen) atoms. The Morgan fingerprint density at radius 1 is 1.47 bits per heavy atom. The Hall–Kier alpha value is -0.290. The third kappa shape index (κ3) is 3.35. The van der Waals surface area contributed by atoms with Gasteiger partial charge in [-0.05, 0) is 52.4 Å². The molecule has 0 aromatic heterocycles. The molecule has 1 saturated carbocycles. The lowest BCUT2D eigenvalue weighted by Crippen LogP contribution is -2.27. The van der Waals surface area contributed by atoms with E-state index in [1.807, 2.05) is 18.2 Å². The van der Waals surface area contributed by atoms with Crippen LogP contribution in [-0.4, -0.2) is 18.3 Å². The average molecular weight is 323 g/mol. The van der Waals surface area contributed by atoms with Crippen LogP contribution in [0, 0.1) is 5.92 Å². The van der Waals surface area contributed by atoms with Gasteiger partial charge in [0.25, 0.3) is 0 Å². The second-order valence-corrected chi connectivity index (χ2v) is 5.10. The summed E-state index contributed by atoms with van der Waals surface area (Å²) in [5.41, 5.74) is 6.97. The van der Waals surface area contributed by atoms with Crippen molar-refractivity contribution in [2.24, 2.45) is 11.7 Å². The lowest BCUT2D eigenvalue weighted by Gasteiger charge is -2.19. The quantitative estimate of drug-likeness (QED) is 0.896. The van der Waals surface area contributed by atoms with Crippen LogP contribution in [0.2, 0.25) is 0 Å². The number of methoxy groups -OCH3 is 1. The van der Waals surface area contributed by atoms with Gasteiger partial charge in [-0.3, -0.25) is 0 Å². The summed E-state index contributed by atoms with van der Waals surface area (Å²) in [5, 5.41) is 9.96. The Morgan fingerprint density at radius 3 is 2.59 bits per heavy atom. The molecule has 96 valence electrons. The smallest absolute Gasteiger partial charge is 0.133 e.